The number of anilines is 1. The Morgan fingerprint density at radius 2 is 1.94 bits per heavy atom. The van der Waals surface area contributed by atoms with Gasteiger partial charge in [-0.1, -0.05) is 25.3 Å². The van der Waals surface area contributed by atoms with Crippen LogP contribution in [0.5, 0.6) is 0 Å². The first-order chi connectivity index (χ1) is 16.5. The number of aromatic nitrogens is 4. The smallest absolute Gasteiger partial charge is 0.274 e. The molecule has 2 N–H and O–H groups in total. The number of carbonyl (C=O) groups is 2. The zero-order chi connectivity index (χ0) is 23.7. The third-order valence-corrected chi connectivity index (χ3v) is 7.55. The molecule has 0 aromatic carbocycles. The lowest BCUT2D eigenvalue weighted by atomic mass is 9.88. The third kappa shape index (κ3) is 4.72. The number of pyridine rings is 1. The van der Waals surface area contributed by atoms with Gasteiger partial charge < -0.3 is 15.5 Å². The Bertz CT molecular complexity index is 1190. The Hall–Kier alpha value is -3.14. The minimum Gasteiger partial charge on any atom is -0.350 e. The summed E-state index contributed by atoms with van der Waals surface area (Å²) in [5.74, 6) is 0.460. The van der Waals surface area contributed by atoms with Crippen LogP contribution in [0.4, 0.5) is 5.95 Å². The van der Waals surface area contributed by atoms with Gasteiger partial charge in [-0.25, -0.2) is 9.97 Å². The zero-order valence-electron chi connectivity index (χ0n) is 19.5. The highest BCUT2D eigenvalue weighted by Gasteiger charge is 2.35. The average Bonchev–Trinajstić information content (AvgIpc) is 3.21. The van der Waals surface area contributed by atoms with Crippen molar-refractivity contribution in [2.24, 2.45) is 5.92 Å². The molecule has 1 aliphatic carbocycles. The number of nitrogens with one attached hydrogen (secondary N) is 2. The van der Waals surface area contributed by atoms with E-state index in [0.29, 0.717) is 35.1 Å². The van der Waals surface area contributed by atoms with Crippen LogP contribution >= 0.6 is 11.3 Å². The van der Waals surface area contributed by atoms with Crippen molar-refractivity contribution in [3.8, 4) is 0 Å². The van der Waals surface area contributed by atoms with Crippen molar-refractivity contribution >= 4 is 39.4 Å². The topological polar surface area (TPSA) is 113 Å². The molecule has 2 amide bonds. The van der Waals surface area contributed by atoms with E-state index >= 15 is 0 Å². The molecule has 5 rings (SSSR count). The summed E-state index contributed by atoms with van der Waals surface area (Å²) in [6.45, 7) is 4.88. The maximum Gasteiger partial charge on any atom is 0.274 e. The molecular weight excluding hydrogens is 450 g/mol. The van der Waals surface area contributed by atoms with E-state index in [1.165, 1.54) is 17.8 Å². The Balaban J connectivity index is 1.29. The van der Waals surface area contributed by atoms with Crippen molar-refractivity contribution in [2.75, 3.05) is 18.4 Å². The number of hydrogen-bond donors (Lipinski definition) is 2. The molecule has 178 valence electrons. The van der Waals surface area contributed by atoms with E-state index < -0.39 is 0 Å². The molecule has 2 fully saturated rings. The summed E-state index contributed by atoms with van der Waals surface area (Å²) >= 11 is 1.42. The summed E-state index contributed by atoms with van der Waals surface area (Å²) in [5, 5.41) is 7.23. The molecule has 1 saturated carbocycles. The summed E-state index contributed by atoms with van der Waals surface area (Å²) < 4.78 is 0.691. The van der Waals surface area contributed by atoms with Crippen molar-refractivity contribution in [1.82, 2.24) is 30.2 Å². The lowest BCUT2D eigenvalue weighted by Crippen LogP contribution is -2.61. The minimum absolute atomic E-state index is 0.00194. The van der Waals surface area contributed by atoms with E-state index in [1.54, 1.807) is 17.3 Å². The zero-order valence-corrected chi connectivity index (χ0v) is 20.3. The van der Waals surface area contributed by atoms with E-state index in [4.69, 9.17) is 0 Å². The van der Waals surface area contributed by atoms with Crippen LogP contribution in [0.2, 0.25) is 0 Å². The van der Waals surface area contributed by atoms with E-state index in [1.807, 2.05) is 26.0 Å². The van der Waals surface area contributed by atoms with Gasteiger partial charge in [-0.3, -0.25) is 14.6 Å². The van der Waals surface area contributed by atoms with Crippen LogP contribution in [0.25, 0.3) is 10.3 Å². The number of aryl methyl sites for hydroxylation is 1. The largest absolute Gasteiger partial charge is 0.350 e. The van der Waals surface area contributed by atoms with Crippen LogP contribution in [-0.4, -0.2) is 55.8 Å². The second kappa shape index (κ2) is 9.61. The SMILES string of the molecule is Cc1nc2nc(NC(C)c3cccnc3)nc(C(=O)N3CC(NC(=O)C4CCCCC4)C3)c2s1. The molecule has 10 heteroatoms. The first-order valence-corrected chi connectivity index (χ1v) is 12.7. The number of rotatable bonds is 6. The van der Waals surface area contributed by atoms with Gasteiger partial charge in [0.05, 0.1) is 17.1 Å². The molecule has 2 aliphatic rings. The molecule has 1 aliphatic heterocycles. The van der Waals surface area contributed by atoms with Crippen LogP contribution in [0.3, 0.4) is 0 Å². The van der Waals surface area contributed by atoms with Gasteiger partial charge in [0.2, 0.25) is 11.9 Å². The van der Waals surface area contributed by atoms with Gasteiger partial charge in [0.15, 0.2) is 11.3 Å². The summed E-state index contributed by atoms with van der Waals surface area (Å²) in [4.78, 5) is 45.4. The van der Waals surface area contributed by atoms with E-state index in [2.05, 4.69) is 30.6 Å². The van der Waals surface area contributed by atoms with Crippen LogP contribution in [0.15, 0.2) is 24.5 Å². The van der Waals surface area contributed by atoms with E-state index in [-0.39, 0.29) is 29.8 Å². The highest BCUT2D eigenvalue weighted by atomic mass is 32.1. The Labute approximate surface area is 202 Å². The van der Waals surface area contributed by atoms with Gasteiger partial charge in [-0.05, 0) is 38.3 Å². The molecule has 3 aromatic heterocycles. The third-order valence-electron chi connectivity index (χ3n) is 6.58. The Morgan fingerprint density at radius 3 is 2.68 bits per heavy atom. The highest BCUT2D eigenvalue weighted by Crippen LogP contribution is 2.28. The van der Waals surface area contributed by atoms with Crippen molar-refractivity contribution < 1.29 is 9.59 Å². The normalized spacial score (nSPS) is 17.9. The number of fused-ring (bicyclic) bond motifs is 1. The first kappa shape index (κ1) is 22.6. The Morgan fingerprint density at radius 1 is 1.15 bits per heavy atom. The predicted octanol–water partition coefficient (Wildman–Crippen LogP) is 3.48. The second-order valence-corrected chi connectivity index (χ2v) is 10.4. The molecule has 9 nitrogen and oxygen atoms in total. The molecule has 0 spiro atoms. The van der Waals surface area contributed by atoms with Gasteiger partial charge in [0, 0.05) is 31.4 Å². The van der Waals surface area contributed by atoms with Crippen molar-refractivity contribution in [3.05, 3.63) is 40.8 Å². The fourth-order valence-corrected chi connectivity index (χ4v) is 5.46. The van der Waals surface area contributed by atoms with Crippen molar-refractivity contribution in [3.63, 3.8) is 0 Å². The van der Waals surface area contributed by atoms with Crippen LogP contribution < -0.4 is 10.6 Å². The first-order valence-electron chi connectivity index (χ1n) is 11.9. The quantitative estimate of drug-likeness (QED) is 0.556. The van der Waals surface area contributed by atoms with Gasteiger partial charge in [0.25, 0.3) is 5.91 Å². The molecule has 1 unspecified atom stereocenters. The summed E-state index contributed by atoms with van der Waals surface area (Å²) in [7, 11) is 0. The number of amides is 2. The average molecular weight is 480 g/mol. The molecule has 0 bridgehead atoms. The number of carbonyl (C=O) groups excluding carboxylic acids is 2. The monoisotopic (exact) mass is 479 g/mol. The standard InChI is InChI=1S/C24H29N7O2S/c1-14(17-9-6-10-25-11-17)26-24-29-19(20-21(30-24)27-15(2)34-20)23(33)31-12-18(13-31)28-22(32)16-7-4-3-5-8-16/h6,9-11,14,16,18H,3-5,7-8,12-13H2,1-2H3,(H,28,32)(H,26,29,30). The second-order valence-electron chi connectivity index (χ2n) is 9.18. The molecule has 1 atom stereocenters. The minimum atomic E-state index is -0.156. The fourth-order valence-electron chi connectivity index (χ4n) is 4.62. The summed E-state index contributed by atoms with van der Waals surface area (Å²) in [6, 6.07) is 3.77. The number of nitrogens with zero attached hydrogens (tertiary/aromatic N) is 5. The molecule has 1 saturated heterocycles. The maximum atomic E-state index is 13.4. The van der Waals surface area contributed by atoms with Crippen LogP contribution in [0, 0.1) is 12.8 Å². The van der Waals surface area contributed by atoms with Crippen LogP contribution in [-0.2, 0) is 4.79 Å². The van der Waals surface area contributed by atoms with E-state index in [9.17, 15) is 9.59 Å². The molecule has 0 radical (unpaired) electrons. The van der Waals surface area contributed by atoms with Gasteiger partial charge in [-0.2, -0.15) is 4.98 Å². The van der Waals surface area contributed by atoms with Gasteiger partial charge in [-0.15, -0.1) is 11.3 Å². The molecule has 4 heterocycles. The lowest BCUT2D eigenvalue weighted by molar-refractivity contribution is -0.127. The molecule has 34 heavy (non-hydrogen) atoms. The van der Waals surface area contributed by atoms with E-state index in [0.717, 1.165) is 36.3 Å². The summed E-state index contributed by atoms with van der Waals surface area (Å²) in [5.41, 5.74) is 1.87. The number of likely N-dealkylation sites (tertiary alicyclic amines) is 1. The fraction of sp³-hybridized carbons (Fsp3) is 0.500. The van der Waals surface area contributed by atoms with Crippen molar-refractivity contribution in [2.45, 2.75) is 58.0 Å². The predicted molar refractivity (Wildman–Crippen MR) is 131 cm³/mol. The number of hydrogen-bond acceptors (Lipinski definition) is 8. The van der Waals surface area contributed by atoms with Crippen molar-refractivity contribution in [1.29, 1.82) is 0 Å². The van der Waals surface area contributed by atoms with Gasteiger partial charge in [0.1, 0.15) is 4.70 Å². The van der Waals surface area contributed by atoms with Crippen LogP contribution in [0.1, 0.15) is 66.1 Å². The summed E-state index contributed by atoms with van der Waals surface area (Å²) in [6.07, 6.45) is 8.93. The maximum absolute atomic E-state index is 13.4. The Kier molecular flexibility index (Phi) is 6.40. The molecular formula is C24H29N7O2S. The highest BCUT2D eigenvalue weighted by molar-refractivity contribution is 7.18. The number of thiazole rings is 1. The van der Waals surface area contributed by atoms with Gasteiger partial charge >= 0.3 is 0 Å². The molecule has 3 aromatic rings. The lowest BCUT2D eigenvalue weighted by Gasteiger charge is -2.40.